The minimum absolute atomic E-state index is 0.280. The van der Waals surface area contributed by atoms with Crippen LogP contribution in [0.25, 0.3) is 10.8 Å². The lowest BCUT2D eigenvalue weighted by Crippen LogP contribution is -2.11. The van der Waals surface area contributed by atoms with Crippen molar-refractivity contribution in [2.45, 2.75) is 10.1 Å². The summed E-state index contributed by atoms with van der Waals surface area (Å²) >= 11 is 2.95. The average Bonchev–Trinajstić information content (AvgIpc) is 3.24. The van der Waals surface area contributed by atoms with E-state index in [2.05, 4.69) is 45.8 Å². The fraction of sp³-hybridized carbons (Fsp3) is 0.136. The van der Waals surface area contributed by atoms with Crippen LogP contribution >= 0.6 is 23.1 Å². The summed E-state index contributed by atoms with van der Waals surface area (Å²) in [5.41, 5.74) is 1.69. The molecular weight excluding hydrogens is 418 g/mol. The predicted molar refractivity (Wildman–Crippen MR) is 121 cm³/mol. The number of amides is 1. The summed E-state index contributed by atoms with van der Waals surface area (Å²) in [6.45, 7) is 0. The molecule has 8 heteroatoms. The Morgan fingerprint density at radius 1 is 1.00 bits per heavy atom. The van der Waals surface area contributed by atoms with Gasteiger partial charge in [0.1, 0.15) is 0 Å². The lowest BCUT2D eigenvalue weighted by atomic mass is 10.1. The summed E-state index contributed by atoms with van der Waals surface area (Å²) < 4.78 is 11.3. The molecule has 30 heavy (non-hydrogen) atoms. The summed E-state index contributed by atoms with van der Waals surface area (Å²) in [5.74, 6) is 1.56. The first kappa shape index (κ1) is 20.2. The molecule has 0 saturated heterocycles. The first-order valence-corrected chi connectivity index (χ1v) is 10.9. The number of rotatable bonds is 7. The topological polar surface area (TPSA) is 73.3 Å². The second-order valence-corrected chi connectivity index (χ2v) is 8.52. The van der Waals surface area contributed by atoms with Crippen molar-refractivity contribution in [1.82, 2.24) is 10.2 Å². The second kappa shape index (κ2) is 9.15. The Morgan fingerprint density at radius 2 is 1.80 bits per heavy atom. The largest absolute Gasteiger partial charge is 0.493 e. The van der Waals surface area contributed by atoms with Crippen LogP contribution in [0.3, 0.4) is 0 Å². The number of benzene rings is 3. The zero-order chi connectivity index (χ0) is 20.9. The van der Waals surface area contributed by atoms with Crippen molar-refractivity contribution in [3.05, 3.63) is 71.8 Å². The molecule has 0 saturated carbocycles. The van der Waals surface area contributed by atoms with Crippen LogP contribution in [0.15, 0.2) is 65.0 Å². The summed E-state index contributed by atoms with van der Waals surface area (Å²) in [7, 11) is 3.08. The highest BCUT2D eigenvalue weighted by Crippen LogP contribution is 2.32. The first-order valence-electron chi connectivity index (χ1n) is 9.14. The van der Waals surface area contributed by atoms with Gasteiger partial charge >= 0.3 is 0 Å². The van der Waals surface area contributed by atoms with E-state index in [4.69, 9.17) is 9.47 Å². The number of anilines is 1. The molecule has 1 amide bonds. The molecule has 1 heterocycles. The number of nitrogens with one attached hydrogen (secondary N) is 1. The van der Waals surface area contributed by atoms with Crippen molar-refractivity contribution in [1.29, 1.82) is 0 Å². The van der Waals surface area contributed by atoms with Gasteiger partial charge in [0, 0.05) is 11.3 Å². The monoisotopic (exact) mass is 437 g/mol. The molecule has 4 rings (SSSR count). The molecule has 152 valence electrons. The number of thioether (sulfide) groups is 1. The van der Waals surface area contributed by atoms with Gasteiger partial charge in [-0.3, -0.25) is 10.1 Å². The van der Waals surface area contributed by atoms with Crippen LogP contribution in [0.1, 0.15) is 15.9 Å². The Hall–Kier alpha value is -3.10. The van der Waals surface area contributed by atoms with Crippen LogP contribution in [-0.4, -0.2) is 30.3 Å². The number of aromatic nitrogens is 2. The Balaban J connectivity index is 1.42. The molecule has 0 spiro atoms. The molecular formula is C22H19N3O3S2. The van der Waals surface area contributed by atoms with E-state index in [1.54, 1.807) is 37.1 Å². The molecule has 0 fully saturated rings. The molecule has 0 radical (unpaired) electrons. The molecule has 0 aliphatic rings. The number of carbonyl (C=O) groups excluding carboxylic acids is 1. The van der Waals surface area contributed by atoms with Crippen molar-refractivity contribution in [2.75, 3.05) is 19.5 Å². The van der Waals surface area contributed by atoms with Gasteiger partial charge in [0.2, 0.25) is 5.13 Å². The van der Waals surface area contributed by atoms with Crippen molar-refractivity contribution in [3.8, 4) is 11.5 Å². The van der Waals surface area contributed by atoms with E-state index >= 15 is 0 Å². The predicted octanol–water partition coefficient (Wildman–Crippen LogP) is 5.25. The van der Waals surface area contributed by atoms with Gasteiger partial charge in [-0.1, -0.05) is 65.6 Å². The van der Waals surface area contributed by atoms with E-state index in [1.165, 1.54) is 34.8 Å². The van der Waals surface area contributed by atoms with Gasteiger partial charge in [-0.15, -0.1) is 10.2 Å². The normalized spacial score (nSPS) is 10.7. The van der Waals surface area contributed by atoms with E-state index < -0.39 is 0 Å². The highest BCUT2D eigenvalue weighted by molar-refractivity contribution is 8.00. The maximum atomic E-state index is 12.5. The molecule has 1 N–H and O–H groups in total. The second-order valence-electron chi connectivity index (χ2n) is 6.32. The minimum atomic E-state index is -0.280. The first-order chi connectivity index (χ1) is 14.7. The number of nitrogens with zero attached hydrogens (tertiary/aromatic N) is 2. The minimum Gasteiger partial charge on any atom is -0.493 e. The highest BCUT2D eigenvalue weighted by Gasteiger charge is 2.14. The highest BCUT2D eigenvalue weighted by atomic mass is 32.2. The fourth-order valence-corrected chi connectivity index (χ4v) is 4.77. The van der Waals surface area contributed by atoms with E-state index in [0.717, 1.165) is 10.1 Å². The molecule has 1 aromatic heterocycles. The Morgan fingerprint density at radius 3 is 2.63 bits per heavy atom. The summed E-state index contributed by atoms with van der Waals surface area (Å²) in [4.78, 5) is 12.5. The number of hydrogen-bond donors (Lipinski definition) is 1. The molecule has 0 bridgehead atoms. The van der Waals surface area contributed by atoms with E-state index in [0.29, 0.717) is 22.2 Å². The van der Waals surface area contributed by atoms with Crippen LogP contribution in [0.2, 0.25) is 0 Å². The van der Waals surface area contributed by atoms with Crippen molar-refractivity contribution in [3.63, 3.8) is 0 Å². The van der Waals surface area contributed by atoms with Gasteiger partial charge in [0.05, 0.1) is 14.2 Å². The van der Waals surface area contributed by atoms with Crippen LogP contribution in [0.4, 0.5) is 5.13 Å². The smallest absolute Gasteiger partial charge is 0.257 e. The number of ether oxygens (including phenoxy) is 2. The van der Waals surface area contributed by atoms with Crippen molar-refractivity contribution < 1.29 is 14.3 Å². The van der Waals surface area contributed by atoms with Gasteiger partial charge in [0.15, 0.2) is 15.8 Å². The molecule has 4 aromatic rings. The van der Waals surface area contributed by atoms with Crippen LogP contribution < -0.4 is 14.8 Å². The van der Waals surface area contributed by atoms with Gasteiger partial charge in [-0.2, -0.15) is 0 Å². The number of carbonyl (C=O) groups is 1. The van der Waals surface area contributed by atoms with Crippen LogP contribution in [0.5, 0.6) is 11.5 Å². The quantitative estimate of drug-likeness (QED) is 0.314. The molecule has 0 aliphatic carbocycles. The lowest BCUT2D eigenvalue weighted by molar-refractivity contribution is 0.102. The van der Waals surface area contributed by atoms with E-state index in [9.17, 15) is 4.79 Å². The Labute approximate surface area is 182 Å². The maximum Gasteiger partial charge on any atom is 0.257 e. The Kier molecular flexibility index (Phi) is 6.15. The van der Waals surface area contributed by atoms with Gasteiger partial charge < -0.3 is 9.47 Å². The van der Waals surface area contributed by atoms with Crippen LogP contribution in [0, 0.1) is 0 Å². The van der Waals surface area contributed by atoms with Crippen molar-refractivity contribution >= 4 is 44.9 Å². The third-order valence-electron chi connectivity index (χ3n) is 4.50. The summed E-state index contributed by atoms with van der Waals surface area (Å²) in [6.07, 6.45) is 0. The van der Waals surface area contributed by atoms with Crippen LogP contribution in [-0.2, 0) is 5.75 Å². The van der Waals surface area contributed by atoms with Gasteiger partial charge in [-0.25, -0.2) is 0 Å². The zero-order valence-electron chi connectivity index (χ0n) is 16.4. The third kappa shape index (κ3) is 4.39. The number of hydrogen-bond acceptors (Lipinski definition) is 7. The Bertz CT molecular complexity index is 1190. The molecule has 0 unspecified atom stereocenters. The van der Waals surface area contributed by atoms with Gasteiger partial charge in [0.25, 0.3) is 5.91 Å². The fourth-order valence-electron chi connectivity index (χ4n) is 3.02. The summed E-state index contributed by atoms with van der Waals surface area (Å²) in [6, 6.07) is 19.6. The van der Waals surface area contributed by atoms with Gasteiger partial charge in [-0.05, 0) is 34.5 Å². The number of methoxy groups -OCH3 is 2. The molecule has 6 nitrogen and oxygen atoms in total. The number of fused-ring (bicyclic) bond motifs is 1. The SMILES string of the molecule is COc1ccc(C(=O)Nc2nnc(SCc3cccc4ccccc34)s2)cc1OC. The zero-order valence-corrected chi connectivity index (χ0v) is 18.0. The average molecular weight is 438 g/mol. The maximum absolute atomic E-state index is 12.5. The van der Waals surface area contributed by atoms with E-state index in [-0.39, 0.29) is 5.91 Å². The molecule has 3 aromatic carbocycles. The molecule has 0 aliphatic heterocycles. The van der Waals surface area contributed by atoms with Crippen molar-refractivity contribution in [2.24, 2.45) is 0 Å². The summed E-state index contributed by atoms with van der Waals surface area (Å²) in [5, 5.41) is 14.0. The van der Waals surface area contributed by atoms with E-state index in [1.807, 2.05) is 12.1 Å². The standard InChI is InChI=1S/C22H19N3O3S2/c1-27-18-11-10-15(12-19(18)28-2)20(26)23-21-24-25-22(30-21)29-13-16-8-5-7-14-6-3-4-9-17(14)16/h3-12H,13H2,1-2H3,(H,23,24,26). The lowest BCUT2D eigenvalue weighted by Gasteiger charge is -2.08. The molecule has 0 atom stereocenters. The third-order valence-corrected chi connectivity index (χ3v) is 6.52.